The number of fused-ring (bicyclic) bond motifs is 1. The Morgan fingerprint density at radius 1 is 1.37 bits per heavy atom. The molecule has 4 heteroatoms. The van der Waals surface area contributed by atoms with Gasteiger partial charge in [-0.15, -0.1) is 11.3 Å². The Morgan fingerprint density at radius 2 is 2.21 bits per heavy atom. The quantitative estimate of drug-likeness (QED) is 0.779. The van der Waals surface area contributed by atoms with Gasteiger partial charge in [0.25, 0.3) is 0 Å². The van der Waals surface area contributed by atoms with Crippen molar-refractivity contribution < 1.29 is 0 Å². The van der Waals surface area contributed by atoms with Gasteiger partial charge in [-0.1, -0.05) is 11.6 Å². The lowest BCUT2D eigenvalue weighted by Crippen LogP contribution is -1.94. The summed E-state index contributed by atoms with van der Waals surface area (Å²) in [6, 6.07) is 6.56. The lowest BCUT2D eigenvalue weighted by Gasteiger charge is -1.98. The molecule has 0 spiro atoms. The molecule has 0 amide bonds. The summed E-state index contributed by atoms with van der Waals surface area (Å²) < 4.78 is 2.16. The molecule has 1 aromatic carbocycles. The van der Waals surface area contributed by atoms with E-state index in [2.05, 4.69) is 65.5 Å². The molecule has 0 fully saturated rings. The summed E-state index contributed by atoms with van der Waals surface area (Å²) in [5, 5.41) is 7.65. The summed E-state index contributed by atoms with van der Waals surface area (Å²) in [5.74, 6) is 0. The molecule has 3 rings (SSSR count). The molecule has 3 aromatic rings. The van der Waals surface area contributed by atoms with E-state index in [1.165, 1.54) is 22.0 Å². The van der Waals surface area contributed by atoms with E-state index in [0.717, 1.165) is 17.4 Å². The van der Waals surface area contributed by atoms with Crippen molar-refractivity contribution in [1.82, 2.24) is 9.55 Å². The SMILES string of the molecule is CCNc1nc(-c2cn(C)c3ccc(C)cc23)cs1. The molecule has 0 aliphatic rings. The minimum atomic E-state index is 0.904. The van der Waals surface area contributed by atoms with Crippen LogP contribution in [0, 0.1) is 6.92 Å². The number of hydrogen-bond donors (Lipinski definition) is 1. The molecule has 0 radical (unpaired) electrons. The molecule has 3 nitrogen and oxygen atoms in total. The third-order valence-electron chi connectivity index (χ3n) is 3.25. The van der Waals surface area contributed by atoms with Crippen molar-refractivity contribution in [1.29, 1.82) is 0 Å². The Kier molecular flexibility index (Phi) is 3.03. The molecule has 19 heavy (non-hydrogen) atoms. The molecule has 0 saturated heterocycles. The number of thiazole rings is 1. The molecular formula is C15H17N3S. The van der Waals surface area contributed by atoms with Crippen LogP contribution in [0.4, 0.5) is 5.13 Å². The van der Waals surface area contributed by atoms with Crippen LogP contribution in [0.25, 0.3) is 22.2 Å². The zero-order valence-corrected chi connectivity index (χ0v) is 12.2. The van der Waals surface area contributed by atoms with Crippen LogP contribution in [0.5, 0.6) is 0 Å². The summed E-state index contributed by atoms with van der Waals surface area (Å²) in [7, 11) is 2.08. The van der Waals surface area contributed by atoms with Gasteiger partial charge >= 0.3 is 0 Å². The lowest BCUT2D eigenvalue weighted by molar-refractivity contribution is 0.969. The van der Waals surface area contributed by atoms with Crippen molar-refractivity contribution in [3.05, 3.63) is 35.3 Å². The predicted octanol–water partition coefficient (Wildman–Crippen LogP) is 4.04. The van der Waals surface area contributed by atoms with E-state index in [1.807, 2.05) is 0 Å². The Bertz CT molecular complexity index is 724. The second kappa shape index (κ2) is 4.70. The van der Waals surface area contributed by atoms with Gasteiger partial charge in [0.1, 0.15) is 0 Å². The largest absolute Gasteiger partial charge is 0.362 e. The van der Waals surface area contributed by atoms with Crippen molar-refractivity contribution in [2.75, 3.05) is 11.9 Å². The van der Waals surface area contributed by atoms with Crippen molar-refractivity contribution >= 4 is 27.4 Å². The molecule has 1 N–H and O–H groups in total. The number of rotatable bonds is 3. The standard InChI is InChI=1S/C15H17N3S/c1-4-16-15-17-13(9-19-15)12-8-18(3)14-6-5-10(2)7-11(12)14/h5-9H,4H2,1-3H3,(H,16,17). The van der Waals surface area contributed by atoms with Crippen LogP contribution in [0.3, 0.4) is 0 Å². The Balaban J connectivity index is 2.15. The van der Waals surface area contributed by atoms with Gasteiger partial charge in [0.05, 0.1) is 5.69 Å². The first-order valence-corrected chi connectivity index (χ1v) is 7.32. The highest BCUT2D eigenvalue weighted by Gasteiger charge is 2.11. The molecule has 0 aliphatic carbocycles. The number of hydrogen-bond acceptors (Lipinski definition) is 3. The minimum absolute atomic E-state index is 0.904. The van der Waals surface area contributed by atoms with E-state index < -0.39 is 0 Å². The Hall–Kier alpha value is -1.81. The normalized spacial score (nSPS) is 11.1. The van der Waals surface area contributed by atoms with E-state index in [-0.39, 0.29) is 0 Å². The van der Waals surface area contributed by atoms with Gasteiger partial charge in [-0.25, -0.2) is 4.98 Å². The molecule has 0 saturated carbocycles. The maximum Gasteiger partial charge on any atom is 0.183 e. The first-order chi connectivity index (χ1) is 9.19. The third kappa shape index (κ3) is 2.12. The van der Waals surface area contributed by atoms with Gasteiger partial charge in [0.15, 0.2) is 5.13 Å². The van der Waals surface area contributed by atoms with Crippen molar-refractivity contribution in [2.45, 2.75) is 13.8 Å². The lowest BCUT2D eigenvalue weighted by atomic mass is 10.1. The molecule has 0 unspecified atom stereocenters. The fourth-order valence-corrected chi connectivity index (χ4v) is 3.12. The first kappa shape index (κ1) is 12.2. The number of nitrogens with zero attached hydrogens (tertiary/aromatic N) is 2. The highest BCUT2D eigenvalue weighted by molar-refractivity contribution is 7.14. The molecule has 0 bridgehead atoms. The van der Waals surface area contributed by atoms with E-state index in [4.69, 9.17) is 0 Å². The van der Waals surface area contributed by atoms with Crippen LogP contribution >= 0.6 is 11.3 Å². The van der Waals surface area contributed by atoms with E-state index >= 15 is 0 Å². The predicted molar refractivity (Wildman–Crippen MR) is 82.9 cm³/mol. The van der Waals surface area contributed by atoms with Crippen molar-refractivity contribution in [2.24, 2.45) is 7.05 Å². The van der Waals surface area contributed by atoms with Crippen LogP contribution in [-0.4, -0.2) is 16.1 Å². The molecular weight excluding hydrogens is 254 g/mol. The fraction of sp³-hybridized carbons (Fsp3) is 0.267. The van der Waals surface area contributed by atoms with Gasteiger partial charge in [0.2, 0.25) is 0 Å². The van der Waals surface area contributed by atoms with Crippen molar-refractivity contribution in [3.8, 4) is 11.3 Å². The third-order valence-corrected chi connectivity index (χ3v) is 4.05. The highest BCUT2D eigenvalue weighted by Crippen LogP contribution is 2.32. The van der Waals surface area contributed by atoms with E-state index in [9.17, 15) is 0 Å². The maximum atomic E-state index is 4.66. The van der Waals surface area contributed by atoms with Crippen LogP contribution < -0.4 is 5.32 Å². The molecule has 0 aliphatic heterocycles. The summed E-state index contributed by atoms with van der Waals surface area (Å²) in [6.45, 7) is 5.12. The average Bonchev–Trinajstić information content (AvgIpc) is 2.95. The molecule has 98 valence electrons. The zero-order valence-electron chi connectivity index (χ0n) is 11.4. The van der Waals surface area contributed by atoms with E-state index in [1.54, 1.807) is 11.3 Å². The number of anilines is 1. The topological polar surface area (TPSA) is 29.9 Å². The zero-order chi connectivity index (χ0) is 13.4. The number of aryl methyl sites for hydroxylation is 2. The second-order valence-electron chi connectivity index (χ2n) is 4.74. The molecule has 2 aromatic heterocycles. The number of benzene rings is 1. The average molecular weight is 271 g/mol. The van der Waals surface area contributed by atoms with Crippen LogP contribution in [0.1, 0.15) is 12.5 Å². The van der Waals surface area contributed by atoms with Crippen LogP contribution in [0.15, 0.2) is 29.8 Å². The Morgan fingerprint density at radius 3 is 3.00 bits per heavy atom. The smallest absolute Gasteiger partial charge is 0.183 e. The summed E-state index contributed by atoms with van der Waals surface area (Å²) >= 11 is 1.66. The molecule has 0 atom stereocenters. The monoisotopic (exact) mass is 271 g/mol. The van der Waals surface area contributed by atoms with Crippen molar-refractivity contribution in [3.63, 3.8) is 0 Å². The summed E-state index contributed by atoms with van der Waals surface area (Å²) in [5.41, 5.74) is 4.79. The first-order valence-electron chi connectivity index (χ1n) is 6.44. The summed E-state index contributed by atoms with van der Waals surface area (Å²) in [4.78, 5) is 4.66. The summed E-state index contributed by atoms with van der Waals surface area (Å²) in [6.07, 6.45) is 2.16. The van der Waals surface area contributed by atoms with E-state index in [0.29, 0.717) is 0 Å². The van der Waals surface area contributed by atoms with Gasteiger partial charge in [0, 0.05) is 41.6 Å². The second-order valence-corrected chi connectivity index (χ2v) is 5.60. The van der Waals surface area contributed by atoms with Gasteiger partial charge in [-0.3, -0.25) is 0 Å². The number of nitrogens with one attached hydrogen (secondary N) is 1. The maximum absolute atomic E-state index is 4.66. The molecule has 2 heterocycles. The highest BCUT2D eigenvalue weighted by atomic mass is 32.1. The van der Waals surface area contributed by atoms with Crippen LogP contribution in [-0.2, 0) is 7.05 Å². The Labute approximate surface area is 116 Å². The minimum Gasteiger partial charge on any atom is -0.362 e. The van der Waals surface area contributed by atoms with Gasteiger partial charge in [-0.2, -0.15) is 0 Å². The van der Waals surface area contributed by atoms with Gasteiger partial charge < -0.3 is 9.88 Å². The number of aromatic nitrogens is 2. The fourth-order valence-electron chi connectivity index (χ4n) is 2.34. The van der Waals surface area contributed by atoms with Gasteiger partial charge in [-0.05, 0) is 26.0 Å². The van der Waals surface area contributed by atoms with Crippen LogP contribution in [0.2, 0.25) is 0 Å².